The Morgan fingerprint density at radius 2 is 2.23 bits per heavy atom. The Morgan fingerprint density at radius 3 is 2.69 bits per heavy atom. The molecule has 0 saturated carbocycles. The zero-order valence-corrected chi connectivity index (χ0v) is 8.55. The average Bonchev–Trinajstić information content (AvgIpc) is 2.47. The van der Waals surface area contributed by atoms with Crippen molar-refractivity contribution < 1.29 is 9.25 Å². The van der Waals surface area contributed by atoms with Gasteiger partial charge in [-0.05, 0) is 0 Å². The highest BCUT2D eigenvalue weighted by atomic mass is 16.6. The van der Waals surface area contributed by atoms with Crippen LogP contribution in [-0.4, -0.2) is 12.1 Å². The maximum absolute atomic E-state index is 5.32. The van der Waals surface area contributed by atoms with Crippen LogP contribution in [0.25, 0.3) is 0 Å². The minimum Gasteiger partial charge on any atom is -0.448 e. The van der Waals surface area contributed by atoms with Gasteiger partial charge in [0.25, 0.3) is 0 Å². The summed E-state index contributed by atoms with van der Waals surface area (Å²) in [6, 6.07) is 0. The Kier molecular flexibility index (Phi) is 3.06. The molecule has 0 spiro atoms. The van der Waals surface area contributed by atoms with Crippen LogP contribution >= 0.6 is 0 Å². The summed E-state index contributed by atoms with van der Waals surface area (Å²) in [7, 11) is 1.57. The summed E-state index contributed by atoms with van der Waals surface area (Å²) in [5.41, 5.74) is 3.52. The molecular weight excluding hydrogens is 168 g/mol. The van der Waals surface area contributed by atoms with Crippen LogP contribution in [0.2, 0.25) is 0 Å². The first-order valence-corrected chi connectivity index (χ1v) is 4.25. The number of nitrogens with zero attached hydrogens (tertiary/aromatic N) is 1. The molecule has 0 amide bonds. The minimum atomic E-state index is -0.0364. The van der Waals surface area contributed by atoms with Crippen molar-refractivity contribution in [3.8, 4) is 0 Å². The average molecular weight is 184 g/mol. The normalized spacial score (nSPS) is 12.0. The van der Waals surface area contributed by atoms with Gasteiger partial charge in [-0.25, -0.2) is 4.98 Å². The molecule has 1 aromatic heterocycles. The van der Waals surface area contributed by atoms with Gasteiger partial charge in [-0.2, -0.15) is 5.48 Å². The highest BCUT2D eigenvalue weighted by Gasteiger charge is 2.19. The van der Waals surface area contributed by atoms with Gasteiger partial charge >= 0.3 is 0 Å². The summed E-state index contributed by atoms with van der Waals surface area (Å²) >= 11 is 0. The zero-order valence-electron chi connectivity index (χ0n) is 8.55. The van der Waals surface area contributed by atoms with Crippen LogP contribution in [0.4, 0.5) is 0 Å². The lowest BCUT2D eigenvalue weighted by atomic mass is 9.97. The maximum atomic E-state index is 5.32. The van der Waals surface area contributed by atoms with Crippen molar-refractivity contribution in [2.45, 2.75) is 32.7 Å². The topological polar surface area (TPSA) is 47.3 Å². The summed E-state index contributed by atoms with van der Waals surface area (Å²) in [5, 5.41) is 0. The quantitative estimate of drug-likeness (QED) is 0.725. The van der Waals surface area contributed by atoms with Crippen molar-refractivity contribution >= 4 is 0 Å². The summed E-state index contributed by atoms with van der Waals surface area (Å²) < 4.78 is 5.32. The first kappa shape index (κ1) is 10.2. The molecule has 0 fully saturated rings. The molecule has 0 aliphatic carbocycles. The predicted molar refractivity (Wildman–Crippen MR) is 49.1 cm³/mol. The number of hydroxylamine groups is 1. The van der Waals surface area contributed by atoms with E-state index in [1.165, 1.54) is 0 Å². The summed E-state index contributed by atoms with van der Waals surface area (Å²) in [5.74, 6) is 0.750. The number of rotatable bonds is 3. The van der Waals surface area contributed by atoms with Crippen molar-refractivity contribution in [2.24, 2.45) is 0 Å². The lowest BCUT2D eigenvalue weighted by molar-refractivity contribution is 0.0858. The third-order valence-electron chi connectivity index (χ3n) is 1.59. The highest BCUT2D eigenvalue weighted by Crippen LogP contribution is 2.20. The Bertz CT molecular complexity index is 263. The fraction of sp³-hybridized carbons (Fsp3) is 0.667. The van der Waals surface area contributed by atoms with E-state index >= 15 is 0 Å². The van der Waals surface area contributed by atoms with Gasteiger partial charge in [0, 0.05) is 5.41 Å². The van der Waals surface area contributed by atoms with Gasteiger partial charge in [-0.1, -0.05) is 20.8 Å². The summed E-state index contributed by atoms with van der Waals surface area (Å²) in [6.45, 7) is 6.75. The molecule has 1 N–H and O–H groups in total. The third-order valence-corrected chi connectivity index (χ3v) is 1.59. The fourth-order valence-electron chi connectivity index (χ4n) is 0.879. The van der Waals surface area contributed by atoms with E-state index in [1.54, 1.807) is 13.4 Å². The molecule has 0 aromatic carbocycles. The minimum absolute atomic E-state index is 0.0364. The smallest absolute Gasteiger partial charge is 0.199 e. The Balaban J connectivity index is 2.64. The lowest BCUT2D eigenvalue weighted by Gasteiger charge is -2.11. The van der Waals surface area contributed by atoms with Gasteiger partial charge < -0.3 is 9.25 Å². The molecule has 0 unspecified atom stereocenters. The summed E-state index contributed by atoms with van der Waals surface area (Å²) in [6.07, 6.45) is 1.65. The molecule has 0 saturated heterocycles. The molecule has 1 rings (SSSR count). The largest absolute Gasteiger partial charge is 0.448 e. The fourth-order valence-corrected chi connectivity index (χ4v) is 0.879. The molecule has 1 aromatic rings. The monoisotopic (exact) mass is 184 g/mol. The second kappa shape index (κ2) is 3.89. The van der Waals surface area contributed by atoms with E-state index < -0.39 is 0 Å². The number of hydrogen-bond donors (Lipinski definition) is 1. The molecule has 4 heteroatoms. The number of nitrogens with one attached hydrogen (secondary N) is 1. The van der Waals surface area contributed by atoms with E-state index in [1.807, 2.05) is 0 Å². The van der Waals surface area contributed by atoms with E-state index in [-0.39, 0.29) is 5.41 Å². The van der Waals surface area contributed by atoms with E-state index in [0.29, 0.717) is 6.54 Å². The standard InChI is InChI=1S/C9H16N2O2/c1-9(2,3)8-11-7(6-13-8)5-10-12-4/h6,10H,5H2,1-4H3. The SMILES string of the molecule is CONCc1coc(C(C)(C)C)n1. The Hall–Kier alpha value is -0.870. The first-order valence-electron chi connectivity index (χ1n) is 4.25. The van der Waals surface area contributed by atoms with Gasteiger partial charge in [0.15, 0.2) is 5.89 Å². The van der Waals surface area contributed by atoms with Crippen molar-refractivity contribution in [3.05, 3.63) is 17.8 Å². The molecule has 74 valence electrons. The van der Waals surface area contributed by atoms with Gasteiger partial charge in [-0.3, -0.25) is 0 Å². The highest BCUT2D eigenvalue weighted by molar-refractivity contribution is 5.03. The van der Waals surface area contributed by atoms with E-state index in [0.717, 1.165) is 11.6 Å². The van der Waals surface area contributed by atoms with Crippen LogP contribution in [0.15, 0.2) is 10.7 Å². The Morgan fingerprint density at radius 1 is 1.54 bits per heavy atom. The third kappa shape index (κ3) is 2.82. The van der Waals surface area contributed by atoms with Crippen molar-refractivity contribution in [3.63, 3.8) is 0 Å². The maximum Gasteiger partial charge on any atom is 0.199 e. The summed E-state index contributed by atoms with van der Waals surface area (Å²) in [4.78, 5) is 9.02. The van der Waals surface area contributed by atoms with Gasteiger partial charge in [0.05, 0.1) is 19.3 Å². The second-order valence-electron chi connectivity index (χ2n) is 3.92. The Labute approximate surface area is 78.3 Å². The number of aromatic nitrogens is 1. The van der Waals surface area contributed by atoms with Gasteiger partial charge in [0.1, 0.15) is 6.26 Å². The van der Waals surface area contributed by atoms with Crippen LogP contribution in [0.5, 0.6) is 0 Å². The predicted octanol–water partition coefficient (Wildman–Crippen LogP) is 1.62. The molecule has 4 nitrogen and oxygen atoms in total. The van der Waals surface area contributed by atoms with E-state index in [4.69, 9.17) is 9.25 Å². The molecule has 1 heterocycles. The van der Waals surface area contributed by atoms with Gasteiger partial charge in [0.2, 0.25) is 0 Å². The van der Waals surface area contributed by atoms with Crippen LogP contribution in [0.3, 0.4) is 0 Å². The first-order chi connectivity index (χ1) is 6.04. The second-order valence-corrected chi connectivity index (χ2v) is 3.92. The van der Waals surface area contributed by atoms with Crippen molar-refractivity contribution in [2.75, 3.05) is 7.11 Å². The molecular formula is C9H16N2O2. The van der Waals surface area contributed by atoms with Crippen LogP contribution in [0.1, 0.15) is 32.4 Å². The molecule has 0 aliphatic heterocycles. The van der Waals surface area contributed by atoms with Crippen molar-refractivity contribution in [1.29, 1.82) is 0 Å². The molecule has 13 heavy (non-hydrogen) atoms. The zero-order chi connectivity index (χ0) is 9.90. The molecule has 0 atom stereocenters. The molecule has 0 aliphatic rings. The number of hydrogen-bond acceptors (Lipinski definition) is 4. The van der Waals surface area contributed by atoms with Crippen LogP contribution < -0.4 is 5.48 Å². The molecule has 0 radical (unpaired) electrons. The van der Waals surface area contributed by atoms with Crippen LogP contribution in [-0.2, 0) is 16.8 Å². The number of oxazole rings is 1. The van der Waals surface area contributed by atoms with Crippen LogP contribution in [0, 0.1) is 0 Å². The van der Waals surface area contributed by atoms with E-state index in [9.17, 15) is 0 Å². The molecule has 0 bridgehead atoms. The van der Waals surface area contributed by atoms with E-state index in [2.05, 4.69) is 31.2 Å². The van der Waals surface area contributed by atoms with Crippen molar-refractivity contribution in [1.82, 2.24) is 10.5 Å². The van der Waals surface area contributed by atoms with Gasteiger partial charge in [-0.15, -0.1) is 0 Å². The lowest BCUT2D eigenvalue weighted by Crippen LogP contribution is -2.13.